The van der Waals surface area contributed by atoms with Crippen LogP contribution in [-0.4, -0.2) is 61.7 Å². The Hall–Kier alpha value is -0.870. The predicted molar refractivity (Wildman–Crippen MR) is 58.7 cm³/mol. The van der Waals surface area contributed by atoms with E-state index in [4.69, 9.17) is 19.3 Å². The van der Waals surface area contributed by atoms with Crippen LogP contribution in [0.2, 0.25) is 0 Å². The van der Waals surface area contributed by atoms with Crippen LogP contribution in [-0.2, 0) is 18.6 Å². The lowest BCUT2D eigenvalue weighted by Gasteiger charge is -2.18. The van der Waals surface area contributed by atoms with Gasteiger partial charge in [0.05, 0.1) is 6.61 Å². The second kappa shape index (κ2) is 5.63. The van der Waals surface area contributed by atoms with Gasteiger partial charge in [0, 0.05) is 7.11 Å². The Kier molecular flexibility index (Phi) is 4.31. The molecule has 1 aromatic heterocycles. The summed E-state index contributed by atoms with van der Waals surface area (Å²) in [5.74, 6) is 0. The largest absolute Gasteiger partial charge is 0.469 e. The molecule has 1 aliphatic heterocycles. The summed E-state index contributed by atoms with van der Waals surface area (Å²) in [6.07, 6.45) is -0.901. The fourth-order valence-electron chi connectivity index (χ4n) is 1.88. The van der Waals surface area contributed by atoms with E-state index >= 15 is 0 Å². The van der Waals surface area contributed by atoms with Crippen molar-refractivity contribution < 1.29 is 33.5 Å². The molecule has 1 saturated heterocycles. The van der Waals surface area contributed by atoms with E-state index in [1.807, 2.05) is 0 Å². The molecule has 2 rings (SSSR count). The summed E-state index contributed by atoms with van der Waals surface area (Å²) in [5.41, 5.74) is 0. The summed E-state index contributed by atoms with van der Waals surface area (Å²) in [6, 6.07) is 0. The molecule has 4 atom stereocenters. The summed E-state index contributed by atoms with van der Waals surface area (Å²) in [4.78, 5) is 21.0. The molecule has 19 heavy (non-hydrogen) atoms. The normalized spacial score (nSPS) is 31.8. The van der Waals surface area contributed by atoms with Crippen molar-refractivity contribution in [3.63, 3.8) is 0 Å². The molecular formula is C8H14N3O7P. The average molecular weight is 295 g/mol. The van der Waals surface area contributed by atoms with E-state index in [2.05, 4.69) is 14.6 Å². The number of ether oxygens (including phenoxy) is 2. The van der Waals surface area contributed by atoms with Crippen LogP contribution in [0.25, 0.3) is 0 Å². The van der Waals surface area contributed by atoms with Gasteiger partial charge in [0.1, 0.15) is 31.0 Å². The first kappa shape index (κ1) is 14.5. The highest BCUT2D eigenvalue weighted by Crippen LogP contribution is 2.38. The molecule has 0 amide bonds. The minimum atomic E-state index is -4.61. The predicted octanol–water partition coefficient (Wildman–Crippen LogP) is -1.34. The lowest BCUT2D eigenvalue weighted by atomic mass is 10.1. The van der Waals surface area contributed by atoms with Crippen molar-refractivity contribution in [3.05, 3.63) is 12.7 Å². The fraction of sp³-hybridized carbons (Fsp3) is 0.750. The Morgan fingerprint density at radius 2 is 2.26 bits per heavy atom. The molecule has 11 heteroatoms. The molecule has 0 aliphatic carbocycles. The third-order valence-corrected chi connectivity index (χ3v) is 3.17. The monoisotopic (exact) mass is 295 g/mol. The molecule has 0 bridgehead atoms. The van der Waals surface area contributed by atoms with E-state index in [0.717, 1.165) is 0 Å². The quantitative estimate of drug-likeness (QED) is 0.564. The third-order valence-electron chi connectivity index (χ3n) is 2.69. The van der Waals surface area contributed by atoms with E-state index < -0.39 is 39.0 Å². The van der Waals surface area contributed by atoms with Crippen LogP contribution in [0.3, 0.4) is 0 Å². The van der Waals surface area contributed by atoms with Gasteiger partial charge in [0.25, 0.3) is 0 Å². The van der Waals surface area contributed by atoms with Crippen LogP contribution in [0.5, 0.6) is 0 Å². The van der Waals surface area contributed by atoms with Crippen LogP contribution in [0, 0.1) is 0 Å². The van der Waals surface area contributed by atoms with Gasteiger partial charge in [0.2, 0.25) is 0 Å². The number of aliphatic hydroxyl groups is 1. The number of phosphoric acid groups is 1. The van der Waals surface area contributed by atoms with E-state index in [-0.39, 0.29) is 0 Å². The first-order chi connectivity index (χ1) is 8.92. The summed E-state index contributed by atoms with van der Waals surface area (Å²) in [5, 5.41) is 13.9. The van der Waals surface area contributed by atoms with Crippen LogP contribution in [0.4, 0.5) is 0 Å². The highest BCUT2D eigenvalue weighted by Gasteiger charge is 2.46. The molecule has 108 valence electrons. The van der Waals surface area contributed by atoms with Gasteiger partial charge in [-0.15, -0.1) is 0 Å². The molecule has 0 unspecified atom stereocenters. The number of hydrogen-bond donors (Lipinski definition) is 3. The molecule has 1 fully saturated rings. The molecule has 2 heterocycles. The number of phosphoric ester groups is 1. The number of rotatable bonds is 5. The molecule has 3 N–H and O–H groups in total. The zero-order chi connectivity index (χ0) is 14.0. The maximum atomic E-state index is 10.7. The van der Waals surface area contributed by atoms with Gasteiger partial charge in [-0.2, -0.15) is 5.10 Å². The minimum absolute atomic E-state index is 0.412. The molecular weight excluding hydrogens is 281 g/mol. The number of aliphatic hydroxyl groups excluding tert-OH is 1. The molecule has 0 saturated carbocycles. The van der Waals surface area contributed by atoms with Gasteiger partial charge in [-0.05, 0) is 0 Å². The summed E-state index contributed by atoms with van der Waals surface area (Å²) in [6.45, 7) is -0.412. The Bertz CT molecular complexity index is 449. The van der Waals surface area contributed by atoms with Gasteiger partial charge in [0.15, 0.2) is 6.23 Å². The zero-order valence-electron chi connectivity index (χ0n) is 9.93. The molecule has 0 aromatic carbocycles. The number of aromatic nitrogens is 3. The lowest BCUT2D eigenvalue weighted by molar-refractivity contribution is -0.0593. The highest BCUT2D eigenvalue weighted by molar-refractivity contribution is 7.46. The Morgan fingerprint density at radius 1 is 1.53 bits per heavy atom. The van der Waals surface area contributed by atoms with Gasteiger partial charge in [-0.1, -0.05) is 0 Å². The fourth-order valence-corrected chi connectivity index (χ4v) is 2.22. The standard InChI is InChI=1S/C8H14N3O7P/c1-16-7-5(2-17-19(13,14)15)18-8(6(7)12)11-4-9-3-10-11/h3-8,12H,2H2,1H3,(H2,13,14,15)/t5-,6-,7-,8-/m1/s1. The first-order valence-electron chi connectivity index (χ1n) is 5.33. The molecule has 0 radical (unpaired) electrons. The van der Waals surface area contributed by atoms with E-state index in [9.17, 15) is 9.67 Å². The maximum Gasteiger partial charge on any atom is 0.469 e. The van der Waals surface area contributed by atoms with Crippen molar-refractivity contribution in [1.82, 2.24) is 14.8 Å². The van der Waals surface area contributed by atoms with Crippen LogP contribution in [0.1, 0.15) is 6.23 Å². The van der Waals surface area contributed by atoms with Crippen molar-refractivity contribution in [2.75, 3.05) is 13.7 Å². The van der Waals surface area contributed by atoms with Crippen molar-refractivity contribution in [1.29, 1.82) is 0 Å². The maximum absolute atomic E-state index is 10.7. The number of hydrogen-bond acceptors (Lipinski definition) is 7. The van der Waals surface area contributed by atoms with Crippen LogP contribution in [0.15, 0.2) is 12.7 Å². The third kappa shape index (κ3) is 3.37. The Labute approximate surface area is 108 Å². The summed E-state index contributed by atoms with van der Waals surface area (Å²) in [7, 11) is -3.25. The highest BCUT2D eigenvalue weighted by atomic mass is 31.2. The van der Waals surface area contributed by atoms with E-state index in [1.54, 1.807) is 0 Å². The van der Waals surface area contributed by atoms with Gasteiger partial charge in [-0.25, -0.2) is 14.2 Å². The smallest absolute Gasteiger partial charge is 0.385 e. The van der Waals surface area contributed by atoms with Crippen molar-refractivity contribution in [2.24, 2.45) is 0 Å². The SMILES string of the molecule is CO[C@H]1[C@@H](O)[C@H](n2cncn2)O[C@@H]1COP(=O)(O)O. The summed E-state index contributed by atoms with van der Waals surface area (Å²) >= 11 is 0. The van der Waals surface area contributed by atoms with E-state index in [0.29, 0.717) is 0 Å². The number of methoxy groups -OCH3 is 1. The van der Waals surface area contributed by atoms with Crippen LogP contribution >= 0.6 is 7.82 Å². The topological polar surface area (TPSA) is 136 Å². The molecule has 1 aromatic rings. The number of nitrogens with zero attached hydrogens (tertiary/aromatic N) is 3. The average Bonchev–Trinajstić information content (AvgIpc) is 2.92. The minimum Gasteiger partial charge on any atom is -0.385 e. The van der Waals surface area contributed by atoms with Crippen LogP contribution < -0.4 is 0 Å². The van der Waals surface area contributed by atoms with E-state index in [1.165, 1.54) is 24.4 Å². The molecule has 0 spiro atoms. The van der Waals surface area contributed by atoms with Crippen molar-refractivity contribution >= 4 is 7.82 Å². The first-order valence-corrected chi connectivity index (χ1v) is 6.86. The lowest BCUT2D eigenvalue weighted by Crippen LogP contribution is -2.35. The second-order valence-electron chi connectivity index (χ2n) is 3.92. The zero-order valence-corrected chi connectivity index (χ0v) is 10.8. The van der Waals surface area contributed by atoms with Gasteiger partial charge < -0.3 is 24.4 Å². The summed E-state index contributed by atoms with van der Waals surface area (Å²) < 4.78 is 26.8. The van der Waals surface area contributed by atoms with Crippen molar-refractivity contribution in [3.8, 4) is 0 Å². The van der Waals surface area contributed by atoms with Gasteiger partial charge >= 0.3 is 7.82 Å². The van der Waals surface area contributed by atoms with Crippen molar-refractivity contribution in [2.45, 2.75) is 24.5 Å². The Balaban J connectivity index is 2.06. The molecule has 1 aliphatic rings. The molecule has 10 nitrogen and oxygen atoms in total. The Morgan fingerprint density at radius 3 is 2.79 bits per heavy atom. The second-order valence-corrected chi connectivity index (χ2v) is 5.16. The van der Waals surface area contributed by atoms with Gasteiger partial charge in [-0.3, -0.25) is 4.52 Å².